The molecule has 1 saturated heterocycles. The van der Waals surface area contributed by atoms with E-state index >= 15 is 0 Å². The molecule has 1 heterocycles. The van der Waals surface area contributed by atoms with Gasteiger partial charge >= 0.3 is 30.0 Å². The zero-order chi connectivity index (χ0) is 27.5. The molecular formula is C23H35NO12. The van der Waals surface area contributed by atoms with E-state index in [1.54, 1.807) is 32.9 Å². The van der Waals surface area contributed by atoms with Crippen LogP contribution >= 0.6 is 0 Å². The molecule has 1 rings (SSSR count). The lowest BCUT2D eigenvalue weighted by Crippen LogP contribution is -2.62. The van der Waals surface area contributed by atoms with Gasteiger partial charge in [0, 0.05) is 34.2 Å². The number of amides is 1. The number of carbonyl (C=O) groups excluding carboxylic acids is 5. The first-order chi connectivity index (χ1) is 16.7. The van der Waals surface area contributed by atoms with Crippen molar-refractivity contribution in [1.82, 2.24) is 5.32 Å². The van der Waals surface area contributed by atoms with E-state index in [9.17, 15) is 24.0 Å². The number of hydrogen-bond donors (Lipinski definition) is 1. The highest BCUT2D eigenvalue weighted by Gasteiger charge is 2.52. The van der Waals surface area contributed by atoms with Crippen LogP contribution in [0.4, 0.5) is 4.79 Å². The molecule has 0 radical (unpaired) electrons. The van der Waals surface area contributed by atoms with E-state index in [0.717, 1.165) is 20.8 Å². The normalized spacial score (nSPS) is 23.9. The Hall–Kier alpha value is -3.19. The second kappa shape index (κ2) is 14.4. The van der Waals surface area contributed by atoms with Crippen LogP contribution in [0.25, 0.3) is 0 Å². The van der Waals surface area contributed by atoms with Crippen molar-refractivity contribution in [3.63, 3.8) is 0 Å². The number of carbonyl (C=O) groups is 5. The third kappa shape index (κ3) is 12.0. The van der Waals surface area contributed by atoms with Gasteiger partial charge in [-0.3, -0.25) is 19.2 Å². The van der Waals surface area contributed by atoms with Crippen LogP contribution in [0.3, 0.4) is 0 Å². The summed E-state index contributed by atoms with van der Waals surface area (Å²) < 4.78 is 37.5. The van der Waals surface area contributed by atoms with Crippen LogP contribution in [0.2, 0.25) is 0 Å². The zero-order valence-electron chi connectivity index (χ0n) is 21.6. The maximum absolute atomic E-state index is 11.8. The molecule has 1 aliphatic rings. The average molecular weight is 518 g/mol. The molecule has 13 heteroatoms. The molecule has 0 aromatic heterocycles. The summed E-state index contributed by atoms with van der Waals surface area (Å²) in [5.74, 6) is -2.82. The fourth-order valence-corrected chi connectivity index (χ4v) is 3.08. The summed E-state index contributed by atoms with van der Waals surface area (Å²) in [6.07, 6.45) is -3.70. The van der Waals surface area contributed by atoms with Gasteiger partial charge in [-0.1, -0.05) is 12.2 Å². The molecule has 5 atom stereocenters. The number of ether oxygens (including phenoxy) is 7. The standard InChI is InChI=1S/C23H35NO12/c1-13(25)31-12-17-18(32-14(2)26)19(33-15(3)27)20(34-16(4)28)21(35-17)30-11-9-8-10-24-22(29)36-23(5,6)7/h8-9,17-21H,10-12H2,1-7H3,(H,24,29)/b9-8+/t17-,18-,19+,20-,21+/m1/s1. The largest absolute Gasteiger partial charge is 0.463 e. The predicted octanol–water partition coefficient (Wildman–Crippen LogP) is 1.17. The van der Waals surface area contributed by atoms with Gasteiger partial charge in [0.05, 0.1) is 6.61 Å². The molecule has 0 spiro atoms. The van der Waals surface area contributed by atoms with Gasteiger partial charge in [0.15, 0.2) is 24.6 Å². The number of nitrogens with one attached hydrogen (secondary N) is 1. The van der Waals surface area contributed by atoms with E-state index in [2.05, 4.69) is 5.32 Å². The highest BCUT2D eigenvalue weighted by molar-refractivity contribution is 5.69. The predicted molar refractivity (Wildman–Crippen MR) is 121 cm³/mol. The van der Waals surface area contributed by atoms with E-state index in [-0.39, 0.29) is 19.8 Å². The van der Waals surface area contributed by atoms with E-state index in [4.69, 9.17) is 33.2 Å². The van der Waals surface area contributed by atoms with Crippen LogP contribution in [0.5, 0.6) is 0 Å². The summed E-state index contributed by atoms with van der Waals surface area (Å²) in [5.41, 5.74) is -0.633. The van der Waals surface area contributed by atoms with Crippen molar-refractivity contribution < 1.29 is 57.1 Å². The summed E-state index contributed by atoms with van der Waals surface area (Å²) in [6, 6.07) is 0. The first-order valence-electron chi connectivity index (χ1n) is 11.2. The van der Waals surface area contributed by atoms with Crippen LogP contribution in [0.15, 0.2) is 12.2 Å². The molecule has 0 saturated carbocycles. The monoisotopic (exact) mass is 517 g/mol. The Morgan fingerprint density at radius 1 is 0.806 bits per heavy atom. The summed E-state index contributed by atoms with van der Waals surface area (Å²) in [4.78, 5) is 58.3. The molecule has 1 aliphatic heterocycles. The summed E-state index contributed by atoms with van der Waals surface area (Å²) in [7, 11) is 0. The Morgan fingerprint density at radius 2 is 1.36 bits per heavy atom. The minimum Gasteiger partial charge on any atom is -0.463 e. The third-order valence-electron chi connectivity index (χ3n) is 4.23. The lowest BCUT2D eigenvalue weighted by Gasteiger charge is -2.43. The second-order valence-electron chi connectivity index (χ2n) is 8.76. The fraction of sp³-hybridized carbons (Fsp3) is 0.696. The summed E-state index contributed by atoms with van der Waals surface area (Å²) in [6.45, 7) is 9.52. The number of esters is 4. The first kappa shape index (κ1) is 30.8. The average Bonchev–Trinajstić information content (AvgIpc) is 2.70. The van der Waals surface area contributed by atoms with Crippen LogP contribution in [0.1, 0.15) is 48.5 Å². The molecule has 1 amide bonds. The Labute approximate surface area is 209 Å². The molecule has 0 aromatic rings. The van der Waals surface area contributed by atoms with Gasteiger partial charge in [0.2, 0.25) is 0 Å². The van der Waals surface area contributed by atoms with Gasteiger partial charge in [-0.25, -0.2) is 4.79 Å². The molecule has 0 aliphatic carbocycles. The topological polar surface area (TPSA) is 162 Å². The van der Waals surface area contributed by atoms with Crippen LogP contribution in [0, 0.1) is 0 Å². The van der Waals surface area contributed by atoms with Crippen molar-refractivity contribution in [2.45, 2.75) is 84.8 Å². The second-order valence-corrected chi connectivity index (χ2v) is 8.76. The Balaban J connectivity index is 2.99. The van der Waals surface area contributed by atoms with E-state index in [0.29, 0.717) is 0 Å². The highest BCUT2D eigenvalue weighted by atomic mass is 16.7. The van der Waals surface area contributed by atoms with Gasteiger partial charge in [-0.15, -0.1) is 0 Å². The lowest BCUT2D eigenvalue weighted by molar-refractivity contribution is -0.305. The van der Waals surface area contributed by atoms with Crippen molar-refractivity contribution in [2.24, 2.45) is 0 Å². The van der Waals surface area contributed by atoms with Gasteiger partial charge in [-0.05, 0) is 20.8 Å². The number of alkyl carbamates (subject to hydrolysis) is 1. The first-order valence-corrected chi connectivity index (χ1v) is 11.2. The van der Waals surface area contributed by atoms with Gasteiger partial charge < -0.3 is 38.5 Å². The van der Waals surface area contributed by atoms with E-state index in [1.807, 2.05) is 0 Å². The van der Waals surface area contributed by atoms with Crippen LogP contribution < -0.4 is 5.32 Å². The number of hydrogen-bond acceptors (Lipinski definition) is 12. The molecule has 1 N–H and O–H groups in total. The fourth-order valence-electron chi connectivity index (χ4n) is 3.08. The van der Waals surface area contributed by atoms with Crippen LogP contribution in [-0.4, -0.2) is 86.0 Å². The highest BCUT2D eigenvalue weighted by Crippen LogP contribution is 2.30. The molecule has 13 nitrogen and oxygen atoms in total. The quantitative estimate of drug-likeness (QED) is 0.250. The minimum absolute atomic E-state index is 0.0657. The minimum atomic E-state index is -1.31. The summed E-state index contributed by atoms with van der Waals surface area (Å²) >= 11 is 0. The Bertz CT molecular complexity index is 818. The molecule has 1 fully saturated rings. The maximum atomic E-state index is 11.8. The Kier molecular flexibility index (Phi) is 12.3. The number of rotatable bonds is 10. The SMILES string of the molecule is CC(=O)OC[C@H]1O[C@H](OC/C=C/CNC(=O)OC(C)(C)C)[C@H](OC(C)=O)[C@@H](OC(C)=O)[C@@H]1OC(C)=O. The zero-order valence-corrected chi connectivity index (χ0v) is 21.6. The maximum Gasteiger partial charge on any atom is 0.407 e. The van der Waals surface area contributed by atoms with Crippen molar-refractivity contribution in [1.29, 1.82) is 0 Å². The van der Waals surface area contributed by atoms with E-state index < -0.39 is 66.3 Å². The van der Waals surface area contributed by atoms with E-state index in [1.165, 1.54) is 6.92 Å². The van der Waals surface area contributed by atoms with Crippen molar-refractivity contribution in [3.05, 3.63) is 12.2 Å². The van der Waals surface area contributed by atoms with Gasteiger partial charge in [0.25, 0.3) is 0 Å². The molecular weight excluding hydrogens is 482 g/mol. The van der Waals surface area contributed by atoms with Crippen molar-refractivity contribution >= 4 is 30.0 Å². The Morgan fingerprint density at radius 3 is 1.89 bits per heavy atom. The smallest absolute Gasteiger partial charge is 0.407 e. The van der Waals surface area contributed by atoms with Crippen molar-refractivity contribution in [3.8, 4) is 0 Å². The van der Waals surface area contributed by atoms with Crippen LogP contribution in [-0.2, 0) is 52.3 Å². The lowest BCUT2D eigenvalue weighted by atomic mass is 9.98. The third-order valence-corrected chi connectivity index (χ3v) is 4.23. The van der Waals surface area contributed by atoms with Gasteiger partial charge in [0.1, 0.15) is 18.3 Å². The molecule has 0 unspecified atom stereocenters. The summed E-state index contributed by atoms with van der Waals surface area (Å²) in [5, 5.41) is 2.54. The van der Waals surface area contributed by atoms with Crippen molar-refractivity contribution in [2.75, 3.05) is 19.8 Å². The molecule has 204 valence electrons. The molecule has 36 heavy (non-hydrogen) atoms. The molecule has 0 bridgehead atoms. The van der Waals surface area contributed by atoms with Gasteiger partial charge in [-0.2, -0.15) is 0 Å². The molecule has 0 aromatic carbocycles.